The predicted octanol–water partition coefficient (Wildman–Crippen LogP) is 1.45. The van der Waals surface area contributed by atoms with Gasteiger partial charge in [0.05, 0.1) is 17.4 Å². The predicted molar refractivity (Wildman–Crippen MR) is 58.9 cm³/mol. The highest BCUT2D eigenvalue weighted by Gasteiger charge is 1.95. The Morgan fingerprint density at radius 3 is 3.20 bits per heavy atom. The van der Waals surface area contributed by atoms with E-state index in [1.165, 1.54) is 0 Å². The Balaban J connectivity index is 2.21. The number of aromatic amines is 1. The van der Waals surface area contributed by atoms with Gasteiger partial charge in [0.15, 0.2) is 0 Å². The number of benzene rings is 1. The van der Waals surface area contributed by atoms with E-state index in [0.717, 1.165) is 16.6 Å². The van der Waals surface area contributed by atoms with Gasteiger partial charge in [-0.1, -0.05) is 18.2 Å². The van der Waals surface area contributed by atoms with Crippen LogP contribution in [-0.4, -0.2) is 15.9 Å². The molecule has 0 unspecified atom stereocenters. The minimum atomic E-state index is -0.325. The smallest absolute Gasteiger partial charge is 0.221 e. The zero-order valence-corrected chi connectivity index (χ0v) is 8.10. The number of hydrogen-bond donors (Lipinski definition) is 2. The highest BCUT2D eigenvalue weighted by molar-refractivity contribution is 5.79. The van der Waals surface area contributed by atoms with Crippen LogP contribution in [0.3, 0.4) is 0 Å². The van der Waals surface area contributed by atoms with Crippen molar-refractivity contribution in [1.82, 2.24) is 9.97 Å². The zero-order chi connectivity index (χ0) is 10.7. The number of hydrogen-bond acceptors (Lipinski definition) is 2. The average molecular weight is 201 g/mol. The van der Waals surface area contributed by atoms with E-state index in [0.29, 0.717) is 0 Å². The van der Waals surface area contributed by atoms with E-state index in [-0.39, 0.29) is 12.3 Å². The third-order valence-corrected chi connectivity index (χ3v) is 2.07. The zero-order valence-electron chi connectivity index (χ0n) is 8.10. The minimum Gasteiger partial charge on any atom is -0.369 e. The van der Waals surface area contributed by atoms with Crippen LogP contribution in [0, 0.1) is 0 Å². The second kappa shape index (κ2) is 3.96. The summed E-state index contributed by atoms with van der Waals surface area (Å²) in [6, 6.07) is 5.84. The first-order valence-electron chi connectivity index (χ1n) is 4.64. The van der Waals surface area contributed by atoms with E-state index >= 15 is 0 Å². The van der Waals surface area contributed by atoms with E-state index in [1.807, 2.05) is 24.3 Å². The molecule has 0 aliphatic rings. The first kappa shape index (κ1) is 9.45. The van der Waals surface area contributed by atoms with Gasteiger partial charge in [-0.2, -0.15) is 0 Å². The number of aromatic nitrogens is 2. The van der Waals surface area contributed by atoms with Crippen molar-refractivity contribution in [2.75, 3.05) is 0 Å². The summed E-state index contributed by atoms with van der Waals surface area (Å²) in [5, 5.41) is 0. The van der Waals surface area contributed by atoms with Crippen LogP contribution in [0.25, 0.3) is 17.1 Å². The summed E-state index contributed by atoms with van der Waals surface area (Å²) < 4.78 is 0. The molecule has 0 atom stereocenters. The molecular weight excluding hydrogens is 190 g/mol. The minimum absolute atomic E-state index is 0.265. The molecule has 1 aromatic carbocycles. The van der Waals surface area contributed by atoms with Crippen molar-refractivity contribution in [3.63, 3.8) is 0 Å². The lowest BCUT2D eigenvalue weighted by atomic mass is 10.2. The molecule has 0 saturated carbocycles. The fourth-order valence-corrected chi connectivity index (χ4v) is 1.37. The second-order valence-corrected chi connectivity index (χ2v) is 3.25. The maximum atomic E-state index is 10.5. The van der Waals surface area contributed by atoms with Gasteiger partial charge in [0, 0.05) is 6.42 Å². The van der Waals surface area contributed by atoms with Crippen LogP contribution in [0.4, 0.5) is 0 Å². The van der Waals surface area contributed by atoms with Crippen LogP contribution >= 0.6 is 0 Å². The Labute approximate surface area is 86.8 Å². The van der Waals surface area contributed by atoms with E-state index in [1.54, 1.807) is 12.4 Å². The molecule has 4 nitrogen and oxygen atoms in total. The van der Waals surface area contributed by atoms with Crippen LogP contribution < -0.4 is 5.73 Å². The molecule has 0 fully saturated rings. The summed E-state index contributed by atoms with van der Waals surface area (Å²) in [5.41, 5.74) is 7.96. The maximum absolute atomic E-state index is 10.5. The summed E-state index contributed by atoms with van der Waals surface area (Å²) in [7, 11) is 0. The van der Waals surface area contributed by atoms with Gasteiger partial charge in [-0.15, -0.1) is 0 Å². The number of carbonyl (C=O) groups excluding carboxylic acids is 1. The van der Waals surface area contributed by atoms with Crippen LogP contribution in [0.5, 0.6) is 0 Å². The highest BCUT2D eigenvalue weighted by Crippen LogP contribution is 2.12. The molecule has 0 bridgehead atoms. The molecule has 0 radical (unpaired) electrons. The number of imidazole rings is 1. The molecule has 4 heteroatoms. The Morgan fingerprint density at radius 1 is 1.53 bits per heavy atom. The third kappa shape index (κ3) is 2.22. The molecule has 0 aliphatic heterocycles. The number of amides is 1. The average Bonchev–Trinajstić information content (AvgIpc) is 2.64. The van der Waals surface area contributed by atoms with Crippen LogP contribution in [0.15, 0.2) is 30.6 Å². The Bertz CT molecular complexity index is 513. The summed E-state index contributed by atoms with van der Waals surface area (Å²) in [4.78, 5) is 17.7. The second-order valence-electron chi connectivity index (χ2n) is 3.25. The number of primary amides is 1. The lowest BCUT2D eigenvalue weighted by Crippen LogP contribution is -2.07. The molecule has 0 saturated heterocycles. The highest BCUT2D eigenvalue weighted by atomic mass is 16.1. The van der Waals surface area contributed by atoms with Crippen molar-refractivity contribution in [3.8, 4) is 0 Å². The van der Waals surface area contributed by atoms with Crippen molar-refractivity contribution >= 4 is 23.0 Å². The fraction of sp³-hybridized carbons (Fsp3) is 0.0909. The van der Waals surface area contributed by atoms with Gasteiger partial charge in [0.1, 0.15) is 0 Å². The lowest BCUT2D eigenvalue weighted by molar-refractivity contribution is -0.117. The number of fused-ring (bicyclic) bond motifs is 1. The lowest BCUT2D eigenvalue weighted by Gasteiger charge is -1.93. The quantitative estimate of drug-likeness (QED) is 0.788. The van der Waals surface area contributed by atoms with Crippen molar-refractivity contribution in [2.24, 2.45) is 5.73 Å². The molecule has 2 aromatic rings. The van der Waals surface area contributed by atoms with E-state index in [4.69, 9.17) is 5.73 Å². The summed E-state index contributed by atoms with van der Waals surface area (Å²) in [6.07, 6.45) is 5.54. The molecule has 0 aliphatic carbocycles. The van der Waals surface area contributed by atoms with Gasteiger partial charge in [0.25, 0.3) is 0 Å². The summed E-state index contributed by atoms with van der Waals surface area (Å²) in [5.74, 6) is -0.325. The first-order valence-corrected chi connectivity index (χ1v) is 4.64. The third-order valence-electron chi connectivity index (χ3n) is 2.07. The van der Waals surface area contributed by atoms with Gasteiger partial charge < -0.3 is 10.7 Å². The van der Waals surface area contributed by atoms with Crippen molar-refractivity contribution in [3.05, 3.63) is 36.2 Å². The van der Waals surface area contributed by atoms with Crippen molar-refractivity contribution < 1.29 is 4.79 Å². The monoisotopic (exact) mass is 201 g/mol. The number of carbonyl (C=O) groups is 1. The standard InChI is InChI=1S/C11H11N3O/c12-11(15)3-1-2-8-4-5-9-10(6-8)14-7-13-9/h1-2,4-7H,3H2,(H2,12,15)(H,13,14). The van der Waals surface area contributed by atoms with Gasteiger partial charge in [-0.25, -0.2) is 4.98 Å². The van der Waals surface area contributed by atoms with E-state index in [2.05, 4.69) is 9.97 Å². The number of nitrogens with one attached hydrogen (secondary N) is 1. The Hall–Kier alpha value is -2.10. The topological polar surface area (TPSA) is 71.8 Å². The molecule has 3 N–H and O–H groups in total. The van der Waals surface area contributed by atoms with Crippen LogP contribution in [0.2, 0.25) is 0 Å². The Morgan fingerprint density at radius 2 is 2.40 bits per heavy atom. The van der Waals surface area contributed by atoms with Crippen LogP contribution in [-0.2, 0) is 4.79 Å². The number of H-pyrrole nitrogens is 1. The van der Waals surface area contributed by atoms with E-state index in [9.17, 15) is 4.79 Å². The molecule has 1 aromatic heterocycles. The first-order chi connectivity index (χ1) is 7.25. The SMILES string of the molecule is NC(=O)CC=Cc1ccc2nc[nH]c2c1. The molecule has 15 heavy (non-hydrogen) atoms. The Kier molecular flexibility index (Phi) is 2.49. The molecule has 0 spiro atoms. The summed E-state index contributed by atoms with van der Waals surface area (Å²) in [6.45, 7) is 0. The van der Waals surface area contributed by atoms with Gasteiger partial charge in [0.2, 0.25) is 5.91 Å². The van der Waals surface area contributed by atoms with Crippen molar-refractivity contribution in [2.45, 2.75) is 6.42 Å². The molecular formula is C11H11N3O. The van der Waals surface area contributed by atoms with Gasteiger partial charge >= 0.3 is 0 Å². The number of rotatable bonds is 3. The number of nitrogens with two attached hydrogens (primary N) is 1. The van der Waals surface area contributed by atoms with Gasteiger partial charge in [-0.05, 0) is 17.7 Å². The summed E-state index contributed by atoms with van der Waals surface area (Å²) >= 11 is 0. The maximum Gasteiger partial charge on any atom is 0.221 e. The largest absolute Gasteiger partial charge is 0.369 e. The fourth-order valence-electron chi connectivity index (χ4n) is 1.37. The van der Waals surface area contributed by atoms with Crippen LogP contribution in [0.1, 0.15) is 12.0 Å². The molecule has 1 amide bonds. The van der Waals surface area contributed by atoms with Crippen molar-refractivity contribution in [1.29, 1.82) is 0 Å². The number of nitrogens with zero attached hydrogens (tertiary/aromatic N) is 1. The van der Waals surface area contributed by atoms with Gasteiger partial charge in [-0.3, -0.25) is 4.79 Å². The molecule has 1 heterocycles. The molecule has 76 valence electrons. The molecule has 2 rings (SSSR count). The normalized spacial score (nSPS) is 11.2. The van der Waals surface area contributed by atoms with E-state index < -0.39 is 0 Å².